The van der Waals surface area contributed by atoms with Gasteiger partial charge >= 0.3 is 0 Å². The van der Waals surface area contributed by atoms with Crippen LogP contribution in [0.25, 0.3) is 27.6 Å². The lowest BCUT2D eigenvalue weighted by molar-refractivity contribution is -0.143. The number of aromatic nitrogens is 5. The second-order valence-electron chi connectivity index (χ2n) is 9.32. The number of amides is 1. The van der Waals surface area contributed by atoms with Crippen LogP contribution in [0.3, 0.4) is 0 Å². The van der Waals surface area contributed by atoms with Gasteiger partial charge in [0.15, 0.2) is 5.65 Å². The molecule has 180 valence electrons. The molecule has 0 radical (unpaired) electrons. The summed E-state index contributed by atoms with van der Waals surface area (Å²) in [5, 5.41) is 9.99. The molecule has 1 amide bonds. The van der Waals surface area contributed by atoms with Gasteiger partial charge in [0.2, 0.25) is 11.9 Å². The van der Waals surface area contributed by atoms with E-state index in [0.717, 1.165) is 41.2 Å². The van der Waals surface area contributed by atoms with Crippen LogP contribution in [0.2, 0.25) is 0 Å². The van der Waals surface area contributed by atoms with Crippen LogP contribution in [0, 0.1) is 5.92 Å². The minimum atomic E-state index is 0.0302. The van der Waals surface area contributed by atoms with Crippen LogP contribution in [0.5, 0.6) is 0 Å². The minimum absolute atomic E-state index is 0.0302. The summed E-state index contributed by atoms with van der Waals surface area (Å²) in [6.07, 6.45) is 6.14. The summed E-state index contributed by atoms with van der Waals surface area (Å²) < 4.78 is 8.00. The van der Waals surface area contributed by atoms with Gasteiger partial charge in [-0.3, -0.25) is 9.78 Å². The first kappa shape index (κ1) is 22.4. The zero-order chi connectivity index (χ0) is 23.9. The SMILES string of the molecule is C[C@H]1COCCN1C(=O)[C@@H]1CC[C@@H](Nc2ncc3c(Br)nn(-c4ccc5ncccc5c4)c3n2)C1. The zero-order valence-corrected chi connectivity index (χ0v) is 21.0. The third-order valence-electron chi connectivity index (χ3n) is 6.98. The molecular formula is C25H26BrN7O2. The van der Waals surface area contributed by atoms with Crippen molar-refractivity contribution in [1.29, 1.82) is 0 Å². The predicted molar refractivity (Wildman–Crippen MR) is 136 cm³/mol. The molecule has 9 nitrogen and oxygen atoms in total. The number of morpholine rings is 1. The number of fused-ring (bicyclic) bond motifs is 2. The molecule has 10 heteroatoms. The van der Waals surface area contributed by atoms with Crippen LogP contribution in [-0.4, -0.2) is 67.4 Å². The molecule has 1 saturated heterocycles. The molecule has 3 atom stereocenters. The quantitative estimate of drug-likeness (QED) is 0.422. The maximum atomic E-state index is 13.1. The second kappa shape index (κ2) is 9.16. The van der Waals surface area contributed by atoms with Crippen LogP contribution in [0.15, 0.2) is 47.3 Å². The van der Waals surface area contributed by atoms with Gasteiger partial charge in [0.05, 0.1) is 35.8 Å². The minimum Gasteiger partial charge on any atom is -0.377 e. The third kappa shape index (κ3) is 4.25. The van der Waals surface area contributed by atoms with E-state index in [1.165, 1.54) is 0 Å². The van der Waals surface area contributed by atoms with Gasteiger partial charge < -0.3 is 15.0 Å². The molecule has 2 aliphatic rings. The number of carbonyl (C=O) groups excluding carboxylic acids is 1. The maximum absolute atomic E-state index is 13.1. The highest BCUT2D eigenvalue weighted by atomic mass is 79.9. The number of benzene rings is 1. The average molecular weight is 536 g/mol. The number of nitrogens with zero attached hydrogens (tertiary/aromatic N) is 6. The standard InChI is InChI=1S/C25H26BrN7O2/c1-15-14-35-10-9-32(15)24(34)17-4-5-18(11-17)29-25-28-13-20-22(26)31-33(23(20)30-25)19-6-7-21-16(12-19)3-2-8-27-21/h2-3,6-8,12-13,15,17-18H,4-5,9-11,14H2,1H3,(H,28,29,30)/t15-,17+,18+/m0/s1. The summed E-state index contributed by atoms with van der Waals surface area (Å²) in [6, 6.07) is 10.3. The maximum Gasteiger partial charge on any atom is 0.226 e. The van der Waals surface area contributed by atoms with Crippen molar-refractivity contribution in [1.82, 2.24) is 29.6 Å². The van der Waals surface area contributed by atoms with E-state index >= 15 is 0 Å². The van der Waals surface area contributed by atoms with Gasteiger partial charge in [-0.05, 0) is 66.4 Å². The number of pyridine rings is 1. The normalized spacial score (nSPS) is 22.7. The molecule has 4 heterocycles. The Morgan fingerprint density at radius 1 is 1.23 bits per heavy atom. The van der Waals surface area contributed by atoms with Crippen molar-refractivity contribution in [3.05, 3.63) is 47.3 Å². The van der Waals surface area contributed by atoms with Gasteiger partial charge in [-0.25, -0.2) is 9.67 Å². The van der Waals surface area contributed by atoms with Crippen molar-refractivity contribution in [2.24, 2.45) is 5.92 Å². The Balaban J connectivity index is 1.22. The Morgan fingerprint density at radius 2 is 2.14 bits per heavy atom. The number of ether oxygens (including phenoxy) is 1. The van der Waals surface area contributed by atoms with E-state index in [1.54, 1.807) is 12.4 Å². The summed E-state index contributed by atoms with van der Waals surface area (Å²) in [4.78, 5) is 28.8. The molecule has 0 unspecified atom stereocenters. The molecule has 1 saturated carbocycles. The monoisotopic (exact) mass is 535 g/mol. The summed E-state index contributed by atoms with van der Waals surface area (Å²) in [7, 11) is 0. The topological polar surface area (TPSA) is 98.1 Å². The first-order valence-electron chi connectivity index (χ1n) is 12.0. The fraction of sp³-hybridized carbons (Fsp3) is 0.400. The molecule has 1 aliphatic carbocycles. The lowest BCUT2D eigenvalue weighted by Gasteiger charge is -2.35. The van der Waals surface area contributed by atoms with E-state index in [2.05, 4.69) is 49.3 Å². The number of hydrogen-bond acceptors (Lipinski definition) is 7. The van der Waals surface area contributed by atoms with Crippen molar-refractivity contribution >= 4 is 49.7 Å². The Morgan fingerprint density at radius 3 is 3.03 bits per heavy atom. The largest absolute Gasteiger partial charge is 0.377 e. The van der Waals surface area contributed by atoms with E-state index in [-0.39, 0.29) is 23.9 Å². The number of halogens is 1. The van der Waals surface area contributed by atoms with E-state index in [9.17, 15) is 4.79 Å². The zero-order valence-electron chi connectivity index (χ0n) is 19.4. The highest BCUT2D eigenvalue weighted by molar-refractivity contribution is 9.10. The molecule has 1 aromatic carbocycles. The average Bonchev–Trinajstić information content (AvgIpc) is 3.48. The van der Waals surface area contributed by atoms with Crippen LogP contribution < -0.4 is 5.32 Å². The number of rotatable bonds is 4. The smallest absolute Gasteiger partial charge is 0.226 e. The first-order valence-corrected chi connectivity index (χ1v) is 12.8. The van der Waals surface area contributed by atoms with E-state index < -0.39 is 0 Å². The molecule has 6 rings (SSSR count). The first-order chi connectivity index (χ1) is 17.1. The Hall–Kier alpha value is -3.11. The predicted octanol–water partition coefficient (Wildman–Crippen LogP) is 3.95. The summed E-state index contributed by atoms with van der Waals surface area (Å²) in [5.74, 6) is 0.823. The number of anilines is 1. The Labute approximate surface area is 211 Å². The van der Waals surface area contributed by atoms with Crippen molar-refractivity contribution in [3.8, 4) is 5.69 Å². The summed E-state index contributed by atoms with van der Waals surface area (Å²) in [6.45, 7) is 3.97. The molecule has 1 aliphatic heterocycles. The van der Waals surface area contributed by atoms with Crippen molar-refractivity contribution in [2.45, 2.75) is 38.3 Å². The summed E-state index contributed by atoms with van der Waals surface area (Å²) >= 11 is 3.55. The highest BCUT2D eigenvalue weighted by Crippen LogP contribution is 2.31. The van der Waals surface area contributed by atoms with Gasteiger partial charge in [0.1, 0.15) is 4.60 Å². The molecule has 4 aromatic rings. The van der Waals surface area contributed by atoms with E-state index in [0.29, 0.717) is 36.0 Å². The molecule has 0 spiro atoms. The van der Waals surface area contributed by atoms with Crippen molar-refractivity contribution in [2.75, 3.05) is 25.1 Å². The van der Waals surface area contributed by atoms with Crippen LogP contribution >= 0.6 is 15.9 Å². The van der Waals surface area contributed by atoms with Crippen molar-refractivity contribution < 1.29 is 9.53 Å². The van der Waals surface area contributed by atoms with Gasteiger partial charge in [-0.1, -0.05) is 6.07 Å². The second-order valence-corrected chi connectivity index (χ2v) is 10.1. The van der Waals surface area contributed by atoms with Crippen LogP contribution in [-0.2, 0) is 9.53 Å². The van der Waals surface area contributed by atoms with Gasteiger partial charge in [-0.2, -0.15) is 10.1 Å². The van der Waals surface area contributed by atoms with E-state index in [4.69, 9.17) is 9.72 Å². The number of carbonyl (C=O) groups is 1. The molecular weight excluding hydrogens is 510 g/mol. The fourth-order valence-corrected chi connectivity index (χ4v) is 5.56. The molecule has 0 bridgehead atoms. The van der Waals surface area contributed by atoms with Gasteiger partial charge in [0, 0.05) is 36.3 Å². The van der Waals surface area contributed by atoms with Gasteiger partial charge in [0.25, 0.3) is 0 Å². The Bertz CT molecular complexity index is 1410. The van der Waals surface area contributed by atoms with Crippen LogP contribution in [0.4, 0.5) is 5.95 Å². The molecule has 2 fully saturated rings. The van der Waals surface area contributed by atoms with Crippen LogP contribution in [0.1, 0.15) is 26.2 Å². The lowest BCUT2D eigenvalue weighted by Crippen LogP contribution is -2.49. The highest BCUT2D eigenvalue weighted by Gasteiger charge is 2.35. The Kier molecular flexibility index (Phi) is 5.85. The molecule has 1 N–H and O–H groups in total. The molecule has 3 aromatic heterocycles. The van der Waals surface area contributed by atoms with Crippen molar-refractivity contribution in [3.63, 3.8) is 0 Å². The number of hydrogen-bond donors (Lipinski definition) is 1. The fourth-order valence-electron chi connectivity index (χ4n) is 5.12. The third-order valence-corrected chi connectivity index (χ3v) is 7.56. The molecule has 35 heavy (non-hydrogen) atoms. The lowest BCUT2D eigenvalue weighted by atomic mass is 10.0. The van der Waals surface area contributed by atoms with Gasteiger partial charge in [-0.15, -0.1) is 0 Å². The number of nitrogens with one attached hydrogen (secondary N) is 1. The summed E-state index contributed by atoms with van der Waals surface area (Å²) in [5.41, 5.74) is 2.54. The van der Waals surface area contributed by atoms with E-state index in [1.807, 2.05) is 33.8 Å².